The summed E-state index contributed by atoms with van der Waals surface area (Å²) >= 11 is 9.50. The molecule has 2 aromatic rings. The third kappa shape index (κ3) is 3.34. The van der Waals surface area contributed by atoms with Crippen LogP contribution < -0.4 is 9.47 Å². The fourth-order valence-electron chi connectivity index (χ4n) is 2.24. The SMILES string of the molecule is COc1ccc(C(O)c2cc(C)cc(Cl)c2)c(OC)c1Br. The monoisotopic (exact) mass is 370 g/mol. The molecule has 0 amide bonds. The normalized spacial score (nSPS) is 12.1. The number of aliphatic hydroxyl groups excluding tert-OH is 1. The molecule has 0 fully saturated rings. The molecule has 1 atom stereocenters. The molecule has 21 heavy (non-hydrogen) atoms. The van der Waals surface area contributed by atoms with Gasteiger partial charge in [-0.2, -0.15) is 0 Å². The van der Waals surface area contributed by atoms with Crippen molar-refractivity contribution in [3.63, 3.8) is 0 Å². The van der Waals surface area contributed by atoms with E-state index < -0.39 is 6.10 Å². The molecule has 2 rings (SSSR count). The van der Waals surface area contributed by atoms with Crippen molar-refractivity contribution in [3.05, 3.63) is 56.5 Å². The van der Waals surface area contributed by atoms with Crippen molar-refractivity contribution in [1.82, 2.24) is 0 Å². The molecule has 0 aliphatic heterocycles. The number of aryl methyl sites for hydroxylation is 1. The van der Waals surface area contributed by atoms with E-state index in [1.54, 1.807) is 32.4 Å². The molecule has 0 saturated heterocycles. The van der Waals surface area contributed by atoms with Gasteiger partial charge in [0, 0.05) is 10.6 Å². The number of aliphatic hydroxyl groups is 1. The van der Waals surface area contributed by atoms with Gasteiger partial charge in [0.2, 0.25) is 0 Å². The molecule has 1 unspecified atom stereocenters. The molecule has 0 spiro atoms. The Bertz CT molecular complexity index is 638. The van der Waals surface area contributed by atoms with Crippen molar-refractivity contribution in [2.45, 2.75) is 13.0 Å². The van der Waals surface area contributed by atoms with Crippen LogP contribution in [-0.4, -0.2) is 19.3 Å². The van der Waals surface area contributed by atoms with Gasteiger partial charge >= 0.3 is 0 Å². The summed E-state index contributed by atoms with van der Waals surface area (Å²) in [5.74, 6) is 1.18. The third-order valence-electron chi connectivity index (χ3n) is 3.19. The van der Waals surface area contributed by atoms with Gasteiger partial charge < -0.3 is 14.6 Å². The van der Waals surface area contributed by atoms with Gasteiger partial charge in [-0.25, -0.2) is 0 Å². The molecule has 2 aromatic carbocycles. The first-order chi connectivity index (χ1) is 9.97. The van der Waals surface area contributed by atoms with Gasteiger partial charge in [0.15, 0.2) is 0 Å². The number of hydrogen-bond acceptors (Lipinski definition) is 3. The number of halogens is 2. The topological polar surface area (TPSA) is 38.7 Å². The van der Waals surface area contributed by atoms with Gasteiger partial charge in [-0.1, -0.05) is 17.7 Å². The van der Waals surface area contributed by atoms with Crippen molar-refractivity contribution < 1.29 is 14.6 Å². The molecule has 0 aliphatic rings. The highest BCUT2D eigenvalue weighted by atomic mass is 79.9. The molecule has 3 nitrogen and oxygen atoms in total. The third-order valence-corrected chi connectivity index (χ3v) is 4.16. The second-order valence-electron chi connectivity index (χ2n) is 4.67. The largest absolute Gasteiger partial charge is 0.495 e. The van der Waals surface area contributed by atoms with E-state index in [4.69, 9.17) is 21.1 Å². The molecule has 0 radical (unpaired) electrons. The highest BCUT2D eigenvalue weighted by molar-refractivity contribution is 9.10. The second kappa shape index (κ2) is 6.69. The Morgan fingerprint density at radius 1 is 1.14 bits per heavy atom. The van der Waals surface area contributed by atoms with Gasteiger partial charge in [0.25, 0.3) is 0 Å². The van der Waals surface area contributed by atoms with Crippen LogP contribution in [0.4, 0.5) is 0 Å². The average molecular weight is 372 g/mol. The van der Waals surface area contributed by atoms with E-state index in [9.17, 15) is 5.11 Å². The Kier molecular flexibility index (Phi) is 5.14. The zero-order chi connectivity index (χ0) is 15.6. The number of ether oxygens (including phenoxy) is 2. The van der Waals surface area contributed by atoms with Crippen molar-refractivity contribution >= 4 is 27.5 Å². The van der Waals surface area contributed by atoms with Gasteiger partial charge in [0.1, 0.15) is 22.1 Å². The second-order valence-corrected chi connectivity index (χ2v) is 5.90. The van der Waals surface area contributed by atoms with Crippen LogP contribution in [0.5, 0.6) is 11.5 Å². The van der Waals surface area contributed by atoms with Gasteiger partial charge in [-0.15, -0.1) is 0 Å². The molecule has 0 aromatic heterocycles. The summed E-state index contributed by atoms with van der Waals surface area (Å²) in [4.78, 5) is 0. The van der Waals surface area contributed by atoms with Crippen molar-refractivity contribution in [2.24, 2.45) is 0 Å². The molecule has 0 heterocycles. The number of methoxy groups -OCH3 is 2. The lowest BCUT2D eigenvalue weighted by Crippen LogP contribution is -2.04. The molecular weight excluding hydrogens is 356 g/mol. The zero-order valence-electron chi connectivity index (χ0n) is 12.0. The maximum absolute atomic E-state index is 10.6. The van der Waals surface area contributed by atoms with E-state index in [1.807, 2.05) is 19.1 Å². The van der Waals surface area contributed by atoms with Crippen LogP contribution in [0.3, 0.4) is 0 Å². The van der Waals surface area contributed by atoms with Crippen LogP contribution in [-0.2, 0) is 0 Å². The summed E-state index contributed by atoms with van der Waals surface area (Å²) < 4.78 is 11.3. The highest BCUT2D eigenvalue weighted by Crippen LogP contribution is 2.41. The van der Waals surface area contributed by atoms with Gasteiger partial charge in [-0.05, 0) is 58.2 Å². The van der Waals surface area contributed by atoms with Crippen molar-refractivity contribution in [3.8, 4) is 11.5 Å². The molecule has 5 heteroatoms. The Labute approximate surface area is 137 Å². The van der Waals surface area contributed by atoms with Crippen LogP contribution in [0.15, 0.2) is 34.8 Å². The standard InChI is InChI=1S/C16H16BrClO3/c1-9-6-10(8-11(18)7-9)15(19)12-4-5-13(20-2)14(17)16(12)21-3/h4-8,15,19H,1-3H3. The first-order valence-corrected chi connectivity index (χ1v) is 7.50. The van der Waals surface area contributed by atoms with Gasteiger partial charge in [0.05, 0.1) is 14.2 Å². The predicted octanol–water partition coefficient (Wildman–Crippen LogP) is 4.51. The molecule has 1 N–H and O–H groups in total. The van der Waals surface area contributed by atoms with E-state index in [-0.39, 0.29) is 0 Å². The first-order valence-electron chi connectivity index (χ1n) is 6.33. The average Bonchev–Trinajstić information content (AvgIpc) is 2.45. The maximum Gasteiger partial charge on any atom is 0.142 e. The Balaban J connectivity index is 2.52. The molecule has 0 saturated carbocycles. The lowest BCUT2D eigenvalue weighted by atomic mass is 9.99. The van der Waals surface area contributed by atoms with E-state index in [2.05, 4.69) is 15.9 Å². The van der Waals surface area contributed by atoms with Crippen LogP contribution in [0.2, 0.25) is 5.02 Å². The highest BCUT2D eigenvalue weighted by Gasteiger charge is 2.20. The van der Waals surface area contributed by atoms with E-state index >= 15 is 0 Å². The minimum atomic E-state index is -0.834. The summed E-state index contributed by atoms with van der Waals surface area (Å²) in [7, 11) is 3.13. The van der Waals surface area contributed by atoms with Gasteiger partial charge in [-0.3, -0.25) is 0 Å². The Morgan fingerprint density at radius 2 is 1.86 bits per heavy atom. The maximum atomic E-state index is 10.6. The first kappa shape index (κ1) is 16.1. The minimum absolute atomic E-state index is 0.541. The van der Waals surface area contributed by atoms with Crippen molar-refractivity contribution in [2.75, 3.05) is 14.2 Å². The quantitative estimate of drug-likeness (QED) is 0.859. The lowest BCUT2D eigenvalue weighted by Gasteiger charge is -2.18. The summed E-state index contributed by atoms with van der Waals surface area (Å²) in [6.45, 7) is 1.93. The van der Waals surface area contributed by atoms with E-state index in [0.29, 0.717) is 26.6 Å². The van der Waals surface area contributed by atoms with Crippen LogP contribution >= 0.6 is 27.5 Å². The van der Waals surface area contributed by atoms with Crippen molar-refractivity contribution in [1.29, 1.82) is 0 Å². The fourth-order valence-corrected chi connectivity index (χ4v) is 3.22. The van der Waals surface area contributed by atoms with Crippen LogP contribution in [0.25, 0.3) is 0 Å². The summed E-state index contributed by atoms with van der Waals surface area (Å²) in [5.41, 5.74) is 2.35. The fraction of sp³-hybridized carbons (Fsp3) is 0.250. The molecule has 112 valence electrons. The Morgan fingerprint density at radius 3 is 2.43 bits per heavy atom. The smallest absolute Gasteiger partial charge is 0.142 e. The predicted molar refractivity (Wildman–Crippen MR) is 87.5 cm³/mol. The molecule has 0 aliphatic carbocycles. The number of rotatable bonds is 4. The zero-order valence-corrected chi connectivity index (χ0v) is 14.3. The number of benzene rings is 2. The molecule has 0 bridgehead atoms. The lowest BCUT2D eigenvalue weighted by molar-refractivity contribution is 0.214. The van der Waals surface area contributed by atoms with Crippen LogP contribution in [0.1, 0.15) is 22.8 Å². The summed E-state index contributed by atoms with van der Waals surface area (Å²) in [5, 5.41) is 11.2. The van der Waals surface area contributed by atoms with E-state index in [0.717, 1.165) is 11.1 Å². The van der Waals surface area contributed by atoms with Crippen LogP contribution in [0, 0.1) is 6.92 Å². The minimum Gasteiger partial charge on any atom is -0.495 e. The Hall–Kier alpha value is -1.23. The van der Waals surface area contributed by atoms with E-state index in [1.165, 1.54) is 0 Å². The molecular formula is C16H16BrClO3. The summed E-state index contributed by atoms with van der Waals surface area (Å²) in [6, 6.07) is 9.05. The summed E-state index contributed by atoms with van der Waals surface area (Å²) in [6.07, 6.45) is -0.834. The number of hydrogen-bond donors (Lipinski definition) is 1.